The highest BCUT2D eigenvalue weighted by molar-refractivity contribution is 6.04. The average Bonchev–Trinajstić information content (AvgIpc) is 2.49. The summed E-state index contributed by atoms with van der Waals surface area (Å²) >= 11 is 0. The molecule has 0 radical (unpaired) electrons. The predicted molar refractivity (Wildman–Crippen MR) is 84.1 cm³/mol. The Hall–Kier alpha value is -2.16. The molecule has 0 fully saturated rings. The van der Waals surface area contributed by atoms with E-state index in [9.17, 15) is 9.18 Å². The van der Waals surface area contributed by atoms with E-state index in [0.29, 0.717) is 5.69 Å². The van der Waals surface area contributed by atoms with Crippen molar-refractivity contribution in [2.75, 3.05) is 5.32 Å². The molecule has 0 bridgehead atoms. The van der Waals surface area contributed by atoms with Gasteiger partial charge in [-0.05, 0) is 49.6 Å². The van der Waals surface area contributed by atoms with Crippen LogP contribution in [-0.2, 0) is 6.42 Å². The number of hydrogen-bond donors (Lipinski definition) is 1. The van der Waals surface area contributed by atoms with Crippen molar-refractivity contribution < 1.29 is 9.18 Å². The first-order chi connectivity index (χ1) is 10.1. The smallest absolute Gasteiger partial charge is 0.258 e. The molecule has 2 nitrogen and oxygen atoms in total. The molecule has 3 heteroatoms. The van der Waals surface area contributed by atoms with Crippen molar-refractivity contribution in [3.8, 4) is 0 Å². The van der Waals surface area contributed by atoms with Gasteiger partial charge in [0.05, 0.1) is 5.56 Å². The van der Waals surface area contributed by atoms with Gasteiger partial charge in [0.15, 0.2) is 0 Å². The first kappa shape index (κ1) is 15.2. The Morgan fingerprint density at radius 2 is 1.86 bits per heavy atom. The fourth-order valence-corrected chi connectivity index (χ4v) is 2.15. The Labute approximate surface area is 125 Å². The van der Waals surface area contributed by atoms with Gasteiger partial charge in [-0.3, -0.25) is 4.79 Å². The Balaban J connectivity index is 2.07. The van der Waals surface area contributed by atoms with Crippen LogP contribution in [0.3, 0.4) is 0 Å². The van der Waals surface area contributed by atoms with Crippen molar-refractivity contribution in [1.29, 1.82) is 0 Å². The van der Waals surface area contributed by atoms with Crippen LogP contribution in [0.5, 0.6) is 0 Å². The molecule has 110 valence electrons. The molecule has 0 aliphatic rings. The molecule has 0 atom stereocenters. The summed E-state index contributed by atoms with van der Waals surface area (Å²) in [6.45, 7) is 3.99. The third kappa shape index (κ3) is 4.15. The fourth-order valence-electron chi connectivity index (χ4n) is 2.15. The summed E-state index contributed by atoms with van der Waals surface area (Å²) in [6, 6.07) is 12.2. The van der Waals surface area contributed by atoms with Crippen molar-refractivity contribution in [3.63, 3.8) is 0 Å². The molecule has 0 saturated carbocycles. The zero-order valence-electron chi connectivity index (χ0n) is 12.4. The van der Waals surface area contributed by atoms with Crippen LogP contribution < -0.4 is 5.32 Å². The van der Waals surface area contributed by atoms with Crippen LogP contribution in [0.1, 0.15) is 41.3 Å². The van der Waals surface area contributed by atoms with Crippen molar-refractivity contribution in [1.82, 2.24) is 0 Å². The summed E-state index contributed by atoms with van der Waals surface area (Å²) in [5.74, 6) is -0.921. The number of carbonyl (C=O) groups excluding carboxylic acids is 1. The minimum Gasteiger partial charge on any atom is -0.322 e. The minimum absolute atomic E-state index is 0.0741. The van der Waals surface area contributed by atoms with E-state index in [2.05, 4.69) is 12.2 Å². The number of hydrogen-bond acceptors (Lipinski definition) is 1. The maximum atomic E-state index is 13.7. The zero-order chi connectivity index (χ0) is 15.2. The SMILES string of the molecule is CCCCc1ccc(NC(=O)c2cc(C)ccc2F)cc1. The van der Waals surface area contributed by atoms with Gasteiger partial charge in [-0.25, -0.2) is 4.39 Å². The highest BCUT2D eigenvalue weighted by Gasteiger charge is 2.11. The van der Waals surface area contributed by atoms with Crippen molar-refractivity contribution in [3.05, 3.63) is 65.0 Å². The Morgan fingerprint density at radius 3 is 2.52 bits per heavy atom. The lowest BCUT2D eigenvalue weighted by Gasteiger charge is -2.08. The highest BCUT2D eigenvalue weighted by Crippen LogP contribution is 2.15. The van der Waals surface area contributed by atoms with Crippen LogP contribution in [-0.4, -0.2) is 5.91 Å². The molecule has 2 rings (SSSR count). The molecule has 0 unspecified atom stereocenters. The van der Waals surface area contributed by atoms with E-state index in [0.717, 1.165) is 24.8 Å². The van der Waals surface area contributed by atoms with Crippen molar-refractivity contribution in [2.45, 2.75) is 33.1 Å². The molecule has 0 aromatic heterocycles. The maximum absolute atomic E-state index is 13.7. The second-order valence-electron chi connectivity index (χ2n) is 5.24. The van der Waals surface area contributed by atoms with Crippen LogP contribution in [0.2, 0.25) is 0 Å². The fraction of sp³-hybridized carbons (Fsp3) is 0.278. The number of anilines is 1. The molecule has 21 heavy (non-hydrogen) atoms. The van der Waals surface area contributed by atoms with Gasteiger partial charge < -0.3 is 5.32 Å². The molecular formula is C18H20FNO. The van der Waals surface area contributed by atoms with Gasteiger partial charge in [-0.2, -0.15) is 0 Å². The first-order valence-electron chi connectivity index (χ1n) is 7.26. The number of rotatable bonds is 5. The summed E-state index contributed by atoms with van der Waals surface area (Å²) in [5.41, 5.74) is 2.86. The van der Waals surface area contributed by atoms with Gasteiger partial charge in [-0.1, -0.05) is 37.1 Å². The van der Waals surface area contributed by atoms with Crippen LogP contribution in [0.15, 0.2) is 42.5 Å². The standard InChI is InChI=1S/C18H20FNO/c1-3-4-5-14-7-9-15(10-8-14)20-18(21)16-12-13(2)6-11-17(16)19/h6-12H,3-5H2,1-2H3,(H,20,21). The molecule has 2 aromatic carbocycles. The highest BCUT2D eigenvalue weighted by atomic mass is 19.1. The van der Waals surface area contributed by atoms with E-state index >= 15 is 0 Å². The lowest BCUT2D eigenvalue weighted by atomic mass is 10.1. The molecule has 0 spiro atoms. The average molecular weight is 285 g/mol. The molecule has 0 saturated heterocycles. The first-order valence-corrected chi connectivity index (χ1v) is 7.26. The Morgan fingerprint density at radius 1 is 1.14 bits per heavy atom. The van der Waals surface area contributed by atoms with Crippen molar-refractivity contribution in [2.24, 2.45) is 0 Å². The number of nitrogens with one attached hydrogen (secondary N) is 1. The summed E-state index contributed by atoms with van der Waals surface area (Å²) < 4.78 is 13.7. The number of benzene rings is 2. The topological polar surface area (TPSA) is 29.1 Å². The normalized spacial score (nSPS) is 10.4. The molecule has 2 aromatic rings. The molecule has 1 N–H and O–H groups in total. The van der Waals surface area contributed by atoms with Gasteiger partial charge in [0.25, 0.3) is 5.91 Å². The number of halogens is 1. The molecule has 0 aliphatic heterocycles. The van der Waals surface area contributed by atoms with E-state index < -0.39 is 11.7 Å². The third-order valence-electron chi connectivity index (χ3n) is 3.40. The van der Waals surface area contributed by atoms with Crippen LogP contribution in [0.4, 0.5) is 10.1 Å². The number of carbonyl (C=O) groups is 1. The van der Waals surface area contributed by atoms with Gasteiger partial charge >= 0.3 is 0 Å². The van der Waals surface area contributed by atoms with Gasteiger partial charge in [0.1, 0.15) is 5.82 Å². The quantitative estimate of drug-likeness (QED) is 0.845. The summed E-state index contributed by atoms with van der Waals surface area (Å²) in [5, 5.41) is 2.73. The summed E-state index contributed by atoms with van der Waals surface area (Å²) in [4.78, 5) is 12.1. The summed E-state index contributed by atoms with van der Waals surface area (Å²) in [6.07, 6.45) is 3.35. The predicted octanol–water partition coefficient (Wildman–Crippen LogP) is 4.73. The number of unbranched alkanes of at least 4 members (excludes halogenated alkanes) is 1. The Bertz CT molecular complexity index is 620. The summed E-state index contributed by atoms with van der Waals surface area (Å²) in [7, 11) is 0. The van der Waals surface area contributed by atoms with E-state index in [1.54, 1.807) is 12.1 Å². The zero-order valence-corrected chi connectivity index (χ0v) is 12.4. The molecule has 1 amide bonds. The van der Waals surface area contributed by atoms with Gasteiger partial charge in [0, 0.05) is 5.69 Å². The lowest BCUT2D eigenvalue weighted by molar-refractivity contribution is 0.102. The molecular weight excluding hydrogens is 265 g/mol. The van der Waals surface area contributed by atoms with Crippen LogP contribution in [0, 0.1) is 12.7 Å². The maximum Gasteiger partial charge on any atom is 0.258 e. The van der Waals surface area contributed by atoms with E-state index in [4.69, 9.17) is 0 Å². The number of aryl methyl sites for hydroxylation is 2. The van der Waals surface area contributed by atoms with E-state index in [1.807, 2.05) is 31.2 Å². The van der Waals surface area contributed by atoms with E-state index in [-0.39, 0.29) is 5.56 Å². The van der Waals surface area contributed by atoms with Crippen LogP contribution >= 0.6 is 0 Å². The third-order valence-corrected chi connectivity index (χ3v) is 3.40. The molecule has 0 aliphatic carbocycles. The number of amides is 1. The lowest BCUT2D eigenvalue weighted by Crippen LogP contribution is -2.14. The second-order valence-corrected chi connectivity index (χ2v) is 5.24. The monoisotopic (exact) mass is 285 g/mol. The van der Waals surface area contributed by atoms with Crippen LogP contribution in [0.25, 0.3) is 0 Å². The van der Waals surface area contributed by atoms with E-state index in [1.165, 1.54) is 11.6 Å². The second kappa shape index (κ2) is 7.02. The minimum atomic E-state index is -0.502. The van der Waals surface area contributed by atoms with Gasteiger partial charge in [-0.15, -0.1) is 0 Å². The molecule has 0 heterocycles. The largest absolute Gasteiger partial charge is 0.322 e. The Kier molecular flexibility index (Phi) is 5.09. The van der Waals surface area contributed by atoms with Gasteiger partial charge in [0.2, 0.25) is 0 Å². The van der Waals surface area contributed by atoms with Crippen molar-refractivity contribution >= 4 is 11.6 Å².